The number of aromatic nitrogens is 2. The van der Waals surface area contributed by atoms with Crippen LogP contribution in [0, 0.1) is 6.92 Å². The lowest BCUT2D eigenvalue weighted by Gasteiger charge is -2.24. The number of halogens is 2. The lowest BCUT2D eigenvalue weighted by molar-refractivity contribution is 0.259. The van der Waals surface area contributed by atoms with Crippen molar-refractivity contribution in [3.8, 4) is 0 Å². The quantitative estimate of drug-likeness (QED) is 0.850. The number of hydrogen-bond donors (Lipinski definition) is 0. The van der Waals surface area contributed by atoms with Gasteiger partial charge < -0.3 is 0 Å². The molecule has 0 spiro atoms. The highest BCUT2D eigenvalue weighted by Gasteiger charge is 2.19. The average molecular weight is 320 g/mol. The highest BCUT2D eigenvalue weighted by atomic mass is 35.5. The van der Waals surface area contributed by atoms with Crippen LogP contribution in [0.15, 0.2) is 42.2 Å². The molecule has 1 aromatic carbocycles. The average Bonchev–Trinajstić information content (AvgIpc) is 2.76. The van der Waals surface area contributed by atoms with Crippen LogP contribution >= 0.6 is 11.6 Å². The molecule has 22 heavy (non-hydrogen) atoms. The van der Waals surface area contributed by atoms with Crippen molar-refractivity contribution in [2.75, 3.05) is 13.1 Å². The van der Waals surface area contributed by atoms with Crippen molar-refractivity contribution < 1.29 is 4.39 Å². The molecule has 116 valence electrons. The van der Waals surface area contributed by atoms with E-state index in [1.54, 1.807) is 6.08 Å². The monoisotopic (exact) mass is 319 g/mol. The van der Waals surface area contributed by atoms with E-state index >= 15 is 0 Å². The van der Waals surface area contributed by atoms with Crippen molar-refractivity contribution in [1.29, 1.82) is 0 Å². The van der Waals surface area contributed by atoms with Gasteiger partial charge in [0.25, 0.3) is 0 Å². The summed E-state index contributed by atoms with van der Waals surface area (Å²) in [6, 6.07) is 10.1. The van der Waals surface area contributed by atoms with Gasteiger partial charge >= 0.3 is 0 Å². The van der Waals surface area contributed by atoms with E-state index in [1.165, 1.54) is 0 Å². The van der Waals surface area contributed by atoms with Gasteiger partial charge in [-0.2, -0.15) is 5.10 Å². The molecule has 0 amide bonds. The van der Waals surface area contributed by atoms with Crippen molar-refractivity contribution in [1.82, 2.24) is 14.7 Å². The molecule has 0 radical (unpaired) electrons. The lowest BCUT2D eigenvalue weighted by Crippen LogP contribution is -2.28. The molecule has 3 nitrogen and oxygen atoms in total. The van der Waals surface area contributed by atoms with Gasteiger partial charge in [-0.05, 0) is 18.9 Å². The zero-order chi connectivity index (χ0) is 15.5. The van der Waals surface area contributed by atoms with Crippen LogP contribution in [0.2, 0.25) is 5.15 Å². The molecule has 2 aromatic rings. The maximum Gasteiger partial charge on any atom is 0.132 e. The number of aryl methyl sites for hydroxylation is 1. The SMILES string of the molecule is Cc1nn(Cc2ccccc2)c(Cl)c1CN1CCC=C(F)C1. The Balaban J connectivity index is 1.77. The third-order valence-corrected chi connectivity index (χ3v) is 4.35. The van der Waals surface area contributed by atoms with E-state index in [-0.39, 0.29) is 5.83 Å². The molecular formula is C17H19ClFN3. The fourth-order valence-corrected chi connectivity index (χ4v) is 3.04. The molecule has 1 aliphatic heterocycles. The summed E-state index contributed by atoms with van der Waals surface area (Å²) in [6.07, 6.45) is 2.41. The lowest BCUT2D eigenvalue weighted by atomic mass is 10.2. The summed E-state index contributed by atoms with van der Waals surface area (Å²) in [4.78, 5) is 2.07. The molecule has 2 heterocycles. The summed E-state index contributed by atoms with van der Waals surface area (Å²) in [5.74, 6) is -0.0586. The molecule has 1 aliphatic rings. The second-order valence-electron chi connectivity index (χ2n) is 5.65. The first-order valence-electron chi connectivity index (χ1n) is 7.46. The van der Waals surface area contributed by atoms with Gasteiger partial charge in [-0.1, -0.05) is 48.0 Å². The molecule has 0 atom stereocenters. The van der Waals surface area contributed by atoms with Crippen LogP contribution in [0.4, 0.5) is 4.39 Å². The van der Waals surface area contributed by atoms with E-state index < -0.39 is 0 Å². The van der Waals surface area contributed by atoms with E-state index in [2.05, 4.69) is 22.1 Å². The predicted molar refractivity (Wildman–Crippen MR) is 86.6 cm³/mol. The summed E-state index contributed by atoms with van der Waals surface area (Å²) in [5, 5.41) is 5.19. The van der Waals surface area contributed by atoms with Crippen LogP contribution in [0.25, 0.3) is 0 Å². The zero-order valence-electron chi connectivity index (χ0n) is 12.6. The minimum Gasteiger partial charge on any atom is -0.292 e. The Hall–Kier alpha value is -1.65. The topological polar surface area (TPSA) is 21.1 Å². The van der Waals surface area contributed by atoms with Crippen molar-refractivity contribution in [2.24, 2.45) is 0 Å². The van der Waals surface area contributed by atoms with Gasteiger partial charge in [-0.3, -0.25) is 4.90 Å². The van der Waals surface area contributed by atoms with Gasteiger partial charge in [0.2, 0.25) is 0 Å². The van der Waals surface area contributed by atoms with Crippen LogP contribution in [0.1, 0.15) is 23.2 Å². The van der Waals surface area contributed by atoms with E-state index in [0.717, 1.165) is 29.8 Å². The van der Waals surface area contributed by atoms with Crippen LogP contribution in [-0.4, -0.2) is 27.8 Å². The van der Waals surface area contributed by atoms with Crippen molar-refractivity contribution in [3.63, 3.8) is 0 Å². The standard InChI is InChI=1S/C17H19ClFN3/c1-13-16(12-21-9-5-8-15(19)11-21)17(18)22(20-13)10-14-6-3-2-4-7-14/h2-4,6-8H,5,9-12H2,1H3. The Bertz CT molecular complexity index is 679. The van der Waals surface area contributed by atoms with E-state index in [1.807, 2.05) is 29.8 Å². The molecule has 0 saturated heterocycles. The van der Waals surface area contributed by atoms with Gasteiger partial charge in [-0.25, -0.2) is 9.07 Å². The maximum absolute atomic E-state index is 13.4. The molecule has 0 N–H and O–H groups in total. The first kappa shape index (κ1) is 15.3. The first-order valence-corrected chi connectivity index (χ1v) is 7.84. The van der Waals surface area contributed by atoms with Gasteiger partial charge in [0.1, 0.15) is 11.0 Å². The summed E-state index contributed by atoms with van der Waals surface area (Å²) in [7, 11) is 0. The van der Waals surface area contributed by atoms with E-state index in [9.17, 15) is 4.39 Å². The Kier molecular flexibility index (Phi) is 4.60. The number of rotatable bonds is 4. The van der Waals surface area contributed by atoms with Crippen molar-refractivity contribution >= 4 is 11.6 Å². The van der Waals surface area contributed by atoms with Crippen LogP contribution in [-0.2, 0) is 13.1 Å². The third-order valence-electron chi connectivity index (χ3n) is 3.93. The highest BCUT2D eigenvalue weighted by molar-refractivity contribution is 6.30. The highest BCUT2D eigenvalue weighted by Crippen LogP contribution is 2.24. The summed E-state index contributed by atoms with van der Waals surface area (Å²) >= 11 is 6.50. The van der Waals surface area contributed by atoms with E-state index in [0.29, 0.717) is 24.8 Å². The van der Waals surface area contributed by atoms with Gasteiger partial charge in [0.15, 0.2) is 0 Å². The number of hydrogen-bond acceptors (Lipinski definition) is 2. The fourth-order valence-electron chi connectivity index (χ4n) is 2.75. The maximum atomic E-state index is 13.4. The van der Waals surface area contributed by atoms with Crippen molar-refractivity contribution in [3.05, 3.63) is 64.2 Å². The molecule has 0 fully saturated rings. The molecular weight excluding hydrogens is 301 g/mol. The normalized spacial score (nSPS) is 15.9. The third kappa shape index (κ3) is 3.39. The Labute approximate surface area is 135 Å². The Morgan fingerprint density at radius 3 is 2.73 bits per heavy atom. The Morgan fingerprint density at radius 2 is 2.00 bits per heavy atom. The summed E-state index contributed by atoms with van der Waals surface area (Å²) < 4.78 is 15.2. The molecule has 0 aliphatic carbocycles. The minimum absolute atomic E-state index is 0.0586. The molecule has 3 rings (SSSR count). The molecule has 5 heteroatoms. The molecule has 1 aromatic heterocycles. The Morgan fingerprint density at radius 1 is 1.23 bits per heavy atom. The van der Waals surface area contributed by atoms with Gasteiger partial charge in [0, 0.05) is 18.7 Å². The van der Waals surface area contributed by atoms with Crippen LogP contribution in [0.5, 0.6) is 0 Å². The van der Waals surface area contributed by atoms with Crippen LogP contribution in [0.3, 0.4) is 0 Å². The summed E-state index contributed by atoms with van der Waals surface area (Å²) in [5.41, 5.74) is 3.06. The molecule has 0 saturated carbocycles. The molecule has 0 bridgehead atoms. The number of benzene rings is 1. The van der Waals surface area contributed by atoms with Gasteiger partial charge in [0.05, 0.1) is 18.8 Å². The predicted octanol–water partition coefficient (Wildman–Crippen LogP) is 3.95. The number of nitrogens with zero attached hydrogens (tertiary/aromatic N) is 3. The minimum atomic E-state index is -0.0586. The van der Waals surface area contributed by atoms with Gasteiger partial charge in [-0.15, -0.1) is 0 Å². The smallest absolute Gasteiger partial charge is 0.132 e. The summed E-state index contributed by atoms with van der Waals surface area (Å²) in [6.45, 7) is 4.46. The second-order valence-corrected chi connectivity index (χ2v) is 6.01. The molecule has 0 unspecified atom stereocenters. The second kappa shape index (κ2) is 6.63. The largest absolute Gasteiger partial charge is 0.292 e. The van der Waals surface area contributed by atoms with Crippen molar-refractivity contribution in [2.45, 2.75) is 26.4 Å². The first-order chi connectivity index (χ1) is 10.6. The zero-order valence-corrected chi connectivity index (χ0v) is 13.4. The fraction of sp³-hybridized carbons (Fsp3) is 0.353. The van der Waals surface area contributed by atoms with Crippen LogP contribution < -0.4 is 0 Å². The van der Waals surface area contributed by atoms with E-state index in [4.69, 9.17) is 11.6 Å².